The number of carbonyl (C=O) groups excluding carboxylic acids is 2. The largest absolute Gasteiger partial charge is 0.464 e. The molecule has 1 fully saturated rings. The summed E-state index contributed by atoms with van der Waals surface area (Å²) in [6.45, 7) is 8.31. The van der Waals surface area contributed by atoms with E-state index < -0.39 is 21.5 Å². The van der Waals surface area contributed by atoms with Gasteiger partial charge in [0.15, 0.2) is 0 Å². The number of ether oxygens (including phenoxy) is 2. The Balaban J connectivity index is 2.29. The summed E-state index contributed by atoms with van der Waals surface area (Å²) >= 11 is 0. The van der Waals surface area contributed by atoms with Gasteiger partial charge in [-0.05, 0) is 20.3 Å². The van der Waals surface area contributed by atoms with Gasteiger partial charge < -0.3 is 14.8 Å². The number of nitrogens with zero attached hydrogens (tertiary/aromatic N) is 1. The maximum absolute atomic E-state index is 12.2. The van der Waals surface area contributed by atoms with Crippen molar-refractivity contribution in [3.8, 4) is 0 Å². The molecule has 0 bridgehead atoms. The van der Waals surface area contributed by atoms with E-state index in [1.165, 1.54) is 6.92 Å². The second kappa shape index (κ2) is 10.8. The van der Waals surface area contributed by atoms with Crippen molar-refractivity contribution in [1.29, 1.82) is 0 Å². The van der Waals surface area contributed by atoms with E-state index in [9.17, 15) is 18.0 Å². The predicted molar refractivity (Wildman–Crippen MR) is 95.0 cm³/mol. The van der Waals surface area contributed by atoms with Gasteiger partial charge in [-0.2, -0.15) is 8.42 Å². The summed E-state index contributed by atoms with van der Waals surface area (Å²) in [7, 11) is -3.77. The Morgan fingerprint density at radius 2 is 1.88 bits per heavy atom. The maximum Gasteiger partial charge on any atom is 0.313 e. The summed E-state index contributed by atoms with van der Waals surface area (Å²) in [6.07, 6.45) is 0.242. The highest BCUT2D eigenvalue weighted by atomic mass is 32.2. The lowest BCUT2D eigenvalue weighted by atomic mass is 9.95. The first-order chi connectivity index (χ1) is 12.1. The van der Waals surface area contributed by atoms with Crippen molar-refractivity contribution in [2.24, 2.45) is 5.41 Å². The molecule has 1 N–H and O–H groups in total. The second-order valence-electron chi connectivity index (χ2n) is 6.83. The quantitative estimate of drug-likeness (QED) is 0.290. The summed E-state index contributed by atoms with van der Waals surface area (Å²) in [4.78, 5) is 25.0. The van der Waals surface area contributed by atoms with Crippen molar-refractivity contribution in [2.45, 2.75) is 27.2 Å². The Bertz CT molecular complexity index is 557. The van der Waals surface area contributed by atoms with Gasteiger partial charge in [0.25, 0.3) is 10.1 Å². The topological polar surface area (TPSA) is 111 Å². The van der Waals surface area contributed by atoms with Crippen molar-refractivity contribution >= 4 is 22.0 Å². The summed E-state index contributed by atoms with van der Waals surface area (Å²) in [6, 6.07) is 0. The third kappa shape index (κ3) is 9.46. The zero-order valence-electron chi connectivity index (χ0n) is 15.8. The second-order valence-corrected chi connectivity index (χ2v) is 8.59. The number of nitrogens with one attached hydrogen (secondary N) is 1. The average molecular weight is 394 g/mol. The van der Waals surface area contributed by atoms with Gasteiger partial charge in [-0.1, -0.05) is 0 Å². The zero-order valence-corrected chi connectivity index (χ0v) is 16.6. The van der Waals surface area contributed by atoms with Crippen LogP contribution in [0.5, 0.6) is 0 Å². The van der Waals surface area contributed by atoms with Crippen LogP contribution in [-0.4, -0.2) is 83.6 Å². The summed E-state index contributed by atoms with van der Waals surface area (Å²) < 4.78 is 39.2. The maximum atomic E-state index is 12.2. The third-order valence-electron chi connectivity index (χ3n) is 3.84. The van der Waals surface area contributed by atoms with E-state index in [4.69, 9.17) is 13.7 Å². The lowest BCUT2D eigenvalue weighted by Gasteiger charge is -2.27. The van der Waals surface area contributed by atoms with Crippen molar-refractivity contribution in [3.63, 3.8) is 0 Å². The number of amides is 1. The SMILES string of the molecule is CC(=O)NCCCS(=O)(=O)OCC(C)(C)C(=O)OCCN1CCOCC1. The van der Waals surface area contributed by atoms with Crippen LogP contribution in [0.2, 0.25) is 0 Å². The molecule has 1 amide bonds. The van der Waals surface area contributed by atoms with E-state index in [1.54, 1.807) is 13.8 Å². The first-order valence-corrected chi connectivity index (χ1v) is 10.3. The fourth-order valence-corrected chi connectivity index (χ4v) is 3.25. The van der Waals surface area contributed by atoms with Crippen LogP contribution in [0, 0.1) is 5.41 Å². The Labute approximate surface area is 155 Å². The number of rotatable bonds is 11. The molecule has 1 saturated heterocycles. The predicted octanol–water partition coefficient (Wildman–Crippen LogP) is -0.239. The number of morpholine rings is 1. The van der Waals surface area contributed by atoms with E-state index in [0.29, 0.717) is 19.8 Å². The number of esters is 1. The first kappa shape index (κ1) is 22.8. The minimum Gasteiger partial charge on any atom is -0.464 e. The van der Waals surface area contributed by atoms with E-state index in [2.05, 4.69) is 10.2 Å². The molecule has 9 nitrogen and oxygen atoms in total. The molecule has 0 unspecified atom stereocenters. The smallest absolute Gasteiger partial charge is 0.313 e. The van der Waals surface area contributed by atoms with Gasteiger partial charge in [0.1, 0.15) is 6.61 Å². The van der Waals surface area contributed by atoms with Crippen LogP contribution in [0.4, 0.5) is 0 Å². The molecule has 10 heteroatoms. The van der Waals surface area contributed by atoms with E-state index in [1.807, 2.05) is 0 Å². The Morgan fingerprint density at radius 1 is 1.23 bits per heavy atom. The molecule has 0 radical (unpaired) electrons. The Hall–Kier alpha value is -1.23. The van der Waals surface area contributed by atoms with Crippen LogP contribution in [-0.2, 0) is 33.4 Å². The van der Waals surface area contributed by atoms with Crippen molar-refractivity contribution < 1.29 is 31.7 Å². The zero-order chi connectivity index (χ0) is 19.6. The third-order valence-corrected chi connectivity index (χ3v) is 5.11. The lowest BCUT2D eigenvalue weighted by Crippen LogP contribution is -2.40. The molecule has 1 aliphatic heterocycles. The van der Waals surface area contributed by atoms with Gasteiger partial charge in [-0.25, -0.2) is 0 Å². The Morgan fingerprint density at radius 3 is 2.50 bits per heavy atom. The van der Waals surface area contributed by atoms with Crippen LogP contribution in [0.15, 0.2) is 0 Å². The fraction of sp³-hybridized carbons (Fsp3) is 0.875. The monoisotopic (exact) mass is 394 g/mol. The van der Waals surface area contributed by atoms with Crippen LogP contribution in [0.3, 0.4) is 0 Å². The molecule has 0 aliphatic carbocycles. The van der Waals surface area contributed by atoms with Gasteiger partial charge in [-0.3, -0.25) is 18.7 Å². The molecule has 0 aromatic heterocycles. The summed E-state index contributed by atoms with van der Waals surface area (Å²) in [5, 5.41) is 2.51. The highest BCUT2D eigenvalue weighted by molar-refractivity contribution is 7.86. The number of hydrogen-bond donors (Lipinski definition) is 1. The normalized spacial score (nSPS) is 16.3. The summed E-state index contributed by atoms with van der Waals surface area (Å²) in [5.41, 5.74) is -1.07. The van der Waals surface area contributed by atoms with Crippen LogP contribution in [0.1, 0.15) is 27.2 Å². The molecule has 0 spiro atoms. The molecule has 0 saturated carbocycles. The molecular weight excluding hydrogens is 364 g/mol. The van der Waals surface area contributed by atoms with E-state index in [-0.39, 0.29) is 37.8 Å². The molecule has 1 rings (SSSR count). The van der Waals surface area contributed by atoms with Crippen LogP contribution in [0.25, 0.3) is 0 Å². The highest BCUT2D eigenvalue weighted by Gasteiger charge is 2.32. The molecule has 0 aromatic rings. The molecule has 26 heavy (non-hydrogen) atoms. The Kier molecular flexibility index (Phi) is 9.48. The average Bonchev–Trinajstić information content (AvgIpc) is 2.58. The minimum absolute atomic E-state index is 0.218. The molecule has 1 aliphatic rings. The fourth-order valence-electron chi connectivity index (χ4n) is 2.16. The molecule has 0 atom stereocenters. The molecule has 152 valence electrons. The van der Waals surface area contributed by atoms with Gasteiger partial charge in [0.2, 0.25) is 5.91 Å². The highest BCUT2D eigenvalue weighted by Crippen LogP contribution is 2.19. The van der Waals surface area contributed by atoms with E-state index >= 15 is 0 Å². The van der Waals surface area contributed by atoms with Gasteiger partial charge in [0.05, 0.1) is 31.0 Å². The minimum atomic E-state index is -3.77. The van der Waals surface area contributed by atoms with Crippen molar-refractivity contribution in [2.75, 3.05) is 58.4 Å². The molecule has 1 heterocycles. The lowest BCUT2D eigenvalue weighted by molar-refractivity contribution is -0.156. The van der Waals surface area contributed by atoms with Crippen LogP contribution >= 0.6 is 0 Å². The number of carbonyl (C=O) groups is 2. The van der Waals surface area contributed by atoms with Gasteiger partial charge in [0, 0.05) is 33.1 Å². The molecular formula is C16H30N2O7S. The van der Waals surface area contributed by atoms with Gasteiger partial charge in [-0.15, -0.1) is 0 Å². The van der Waals surface area contributed by atoms with Crippen molar-refractivity contribution in [3.05, 3.63) is 0 Å². The van der Waals surface area contributed by atoms with E-state index in [0.717, 1.165) is 13.1 Å². The number of hydrogen-bond acceptors (Lipinski definition) is 8. The standard InChI is InChI=1S/C16H30N2O7S/c1-14(19)17-5-4-12-26(21,22)25-13-16(2,3)15(20)24-11-8-18-6-9-23-10-7-18/h4-13H2,1-3H3,(H,17,19). The first-order valence-electron chi connectivity index (χ1n) is 8.71. The molecule has 0 aromatic carbocycles. The van der Waals surface area contributed by atoms with Crippen LogP contribution < -0.4 is 5.32 Å². The summed E-state index contributed by atoms with van der Waals surface area (Å²) in [5.74, 6) is -0.946. The van der Waals surface area contributed by atoms with Crippen molar-refractivity contribution in [1.82, 2.24) is 10.2 Å². The van der Waals surface area contributed by atoms with Gasteiger partial charge >= 0.3 is 5.97 Å².